The Morgan fingerprint density at radius 3 is 2.78 bits per heavy atom. The number of hydrogen-bond acceptors (Lipinski definition) is 7. The zero-order valence-corrected chi connectivity index (χ0v) is 15.2. The lowest BCUT2D eigenvalue weighted by Crippen LogP contribution is -2.35. The van der Waals surface area contributed by atoms with Gasteiger partial charge >= 0.3 is 5.69 Å². The average Bonchev–Trinajstić information content (AvgIpc) is 2.64. The van der Waals surface area contributed by atoms with Gasteiger partial charge in [-0.3, -0.25) is 14.9 Å². The molecule has 142 valence electrons. The van der Waals surface area contributed by atoms with E-state index in [1.165, 1.54) is 13.2 Å². The number of rotatable bonds is 7. The maximum Gasteiger partial charge on any atom is 0.312 e. The van der Waals surface area contributed by atoms with Crippen molar-refractivity contribution in [2.45, 2.75) is 13.0 Å². The highest BCUT2D eigenvalue weighted by Gasteiger charge is 2.18. The number of phenols is 1. The number of aromatic hydroxyl groups is 1. The molecule has 0 radical (unpaired) electrons. The van der Waals surface area contributed by atoms with Gasteiger partial charge in [-0.25, -0.2) is 5.43 Å². The zero-order valence-electron chi connectivity index (χ0n) is 14.5. The van der Waals surface area contributed by atoms with E-state index in [1.807, 2.05) is 0 Å². The van der Waals surface area contributed by atoms with Gasteiger partial charge in [-0.1, -0.05) is 23.7 Å². The van der Waals surface area contributed by atoms with Crippen molar-refractivity contribution in [2.24, 2.45) is 5.10 Å². The summed E-state index contributed by atoms with van der Waals surface area (Å²) < 4.78 is 5.20. The van der Waals surface area contributed by atoms with Crippen LogP contribution in [0.25, 0.3) is 0 Å². The van der Waals surface area contributed by atoms with Gasteiger partial charge in [-0.15, -0.1) is 0 Å². The van der Waals surface area contributed by atoms with Crippen LogP contribution >= 0.6 is 11.6 Å². The molecule has 0 aliphatic heterocycles. The Balaban J connectivity index is 2.06. The first-order chi connectivity index (χ1) is 12.8. The topological polar surface area (TPSA) is 126 Å². The summed E-state index contributed by atoms with van der Waals surface area (Å²) in [5.41, 5.74) is 2.37. The Kier molecular flexibility index (Phi) is 6.56. The van der Waals surface area contributed by atoms with Crippen molar-refractivity contribution in [2.75, 3.05) is 12.4 Å². The number of carbonyl (C=O) groups is 1. The molecule has 2 rings (SSSR count). The van der Waals surface area contributed by atoms with Gasteiger partial charge in [0.25, 0.3) is 5.91 Å². The number of hydrogen-bond donors (Lipinski definition) is 3. The van der Waals surface area contributed by atoms with Crippen molar-refractivity contribution in [3.63, 3.8) is 0 Å². The van der Waals surface area contributed by atoms with E-state index in [0.717, 1.165) is 12.3 Å². The molecule has 0 aliphatic carbocycles. The first-order valence-electron chi connectivity index (χ1n) is 7.73. The normalized spacial score (nSPS) is 11.8. The second-order valence-electron chi connectivity index (χ2n) is 5.42. The molecule has 9 nitrogen and oxygen atoms in total. The van der Waals surface area contributed by atoms with Crippen LogP contribution in [-0.4, -0.2) is 35.3 Å². The third kappa shape index (κ3) is 5.08. The number of halogens is 1. The fourth-order valence-electron chi connectivity index (χ4n) is 2.17. The van der Waals surface area contributed by atoms with Gasteiger partial charge in [-0.2, -0.15) is 5.10 Å². The minimum Gasteiger partial charge on any atom is -0.502 e. The smallest absolute Gasteiger partial charge is 0.312 e. The number of ether oxygens (including phenoxy) is 1. The van der Waals surface area contributed by atoms with E-state index < -0.39 is 28.3 Å². The molecule has 1 amide bonds. The summed E-state index contributed by atoms with van der Waals surface area (Å²) in [7, 11) is 1.52. The molecule has 0 aromatic heterocycles. The fraction of sp³-hybridized carbons (Fsp3) is 0.176. The third-order valence-electron chi connectivity index (χ3n) is 3.53. The van der Waals surface area contributed by atoms with Crippen LogP contribution in [-0.2, 0) is 4.79 Å². The number of benzene rings is 2. The molecule has 0 spiro atoms. The van der Waals surface area contributed by atoms with Crippen LogP contribution in [0.1, 0.15) is 12.5 Å². The van der Waals surface area contributed by atoms with Crippen LogP contribution in [0, 0.1) is 10.1 Å². The van der Waals surface area contributed by atoms with Crippen LogP contribution in [0.5, 0.6) is 11.5 Å². The highest BCUT2D eigenvalue weighted by atomic mass is 35.5. The van der Waals surface area contributed by atoms with Crippen molar-refractivity contribution in [1.82, 2.24) is 5.43 Å². The van der Waals surface area contributed by atoms with Gasteiger partial charge in [0.05, 0.1) is 23.9 Å². The lowest BCUT2D eigenvalue weighted by Gasteiger charge is -2.15. The van der Waals surface area contributed by atoms with Crippen molar-refractivity contribution >= 4 is 35.1 Å². The number of nitro groups is 1. The highest BCUT2D eigenvalue weighted by Crippen LogP contribution is 2.32. The second kappa shape index (κ2) is 8.86. The van der Waals surface area contributed by atoms with Crippen molar-refractivity contribution in [3.05, 3.63) is 57.1 Å². The predicted molar refractivity (Wildman–Crippen MR) is 102 cm³/mol. The number of nitro benzene ring substituents is 1. The fourth-order valence-corrected chi connectivity index (χ4v) is 2.39. The lowest BCUT2D eigenvalue weighted by atomic mass is 10.2. The van der Waals surface area contributed by atoms with Crippen LogP contribution in [0.3, 0.4) is 0 Å². The number of phenolic OH excluding ortho intramolecular Hbond substituents is 1. The molecule has 0 fully saturated rings. The molecule has 0 saturated heterocycles. The molecular formula is C17H17ClN4O5. The maximum absolute atomic E-state index is 12.1. The van der Waals surface area contributed by atoms with E-state index in [-0.39, 0.29) is 10.6 Å². The summed E-state index contributed by atoms with van der Waals surface area (Å²) in [5, 5.41) is 27.5. The number of anilines is 1. The number of para-hydroxylation sites is 2. The number of methoxy groups -OCH3 is 1. The Labute approximate surface area is 159 Å². The van der Waals surface area contributed by atoms with E-state index in [1.54, 1.807) is 31.2 Å². The van der Waals surface area contributed by atoms with Crippen LogP contribution in [0.15, 0.2) is 41.5 Å². The molecule has 3 N–H and O–H groups in total. The molecule has 0 heterocycles. The van der Waals surface area contributed by atoms with Crippen LogP contribution in [0.2, 0.25) is 5.02 Å². The van der Waals surface area contributed by atoms with Crippen molar-refractivity contribution < 1.29 is 19.6 Å². The molecule has 10 heteroatoms. The summed E-state index contributed by atoms with van der Waals surface area (Å²) in [6.07, 6.45) is 1.07. The largest absolute Gasteiger partial charge is 0.502 e. The minimum absolute atomic E-state index is 0.000147. The summed E-state index contributed by atoms with van der Waals surface area (Å²) in [5.74, 6) is -0.479. The van der Waals surface area contributed by atoms with Gasteiger partial charge in [0.15, 0.2) is 0 Å². The number of nitrogens with one attached hydrogen (secondary N) is 2. The summed E-state index contributed by atoms with van der Waals surface area (Å²) in [4.78, 5) is 22.2. The summed E-state index contributed by atoms with van der Waals surface area (Å²) in [6, 6.07) is 8.76. The van der Waals surface area contributed by atoms with Gasteiger partial charge in [0.2, 0.25) is 5.75 Å². The lowest BCUT2D eigenvalue weighted by molar-refractivity contribution is -0.385. The summed E-state index contributed by atoms with van der Waals surface area (Å²) >= 11 is 5.79. The van der Waals surface area contributed by atoms with E-state index in [0.29, 0.717) is 11.4 Å². The molecule has 0 bridgehead atoms. The number of carbonyl (C=O) groups excluding carboxylic acids is 1. The predicted octanol–water partition coefficient (Wildman–Crippen LogP) is 2.91. The molecule has 2 aromatic carbocycles. The molecule has 0 saturated carbocycles. The second-order valence-corrected chi connectivity index (χ2v) is 5.86. The molecular weight excluding hydrogens is 376 g/mol. The highest BCUT2D eigenvalue weighted by molar-refractivity contribution is 6.31. The Morgan fingerprint density at radius 1 is 1.41 bits per heavy atom. The van der Waals surface area contributed by atoms with Gasteiger partial charge < -0.3 is 15.2 Å². The Morgan fingerprint density at radius 2 is 2.11 bits per heavy atom. The number of nitrogens with zero attached hydrogens (tertiary/aromatic N) is 2. The molecule has 27 heavy (non-hydrogen) atoms. The Hall–Kier alpha value is -3.33. The quantitative estimate of drug-likeness (QED) is 0.378. The van der Waals surface area contributed by atoms with Gasteiger partial charge in [-0.05, 0) is 25.1 Å². The monoisotopic (exact) mass is 392 g/mol. The standard InChI is InChI=1S/C17H17ClN4O5/c1-10(20-13-5-3-4-6-15(13)27-2)17(24)21-19-9-11-7-12(18)8-14(16(11)23)22(25)26/h3-10,20,23H,1-2H3,(H,21,24)/b19-9-/t10-/m1/s1. The van der Waals surface area contributed by atoms with Crippen LogP contribution < -0.4 is 15.5 Å². The molecule has 0 unspecified atom stereocenters. The number of amides is 1. The third-order valence-corrected chi connectivity index (χ3v) is 3.75. The first kappa shape index (κ1) is 20.0. The first-order valence-corrected chi connectivity index (χ1v) is 8.10. The SMILES string of the molecule is COc1ccccc1N[C@H](C)C(=O)N/N=C\c1cc(Cl)cc([N+](=O)[O-])c1O. The van der Waals surface area contributed by atoms with E-state index in [4.69, 9.17) is 16.3 Å². The molecule has 1 atom stereocenters. The zero-order chi connectivity index (χ0) is 20.0. The molecule has 2 aromatic rings. The molecule has 0 aliphatic rings. The van der Waals surface area contributed by atoms with E-state index in [9.17, 15) is 20.0 Å². The van der Waals surface area contributed by atoms with E-state index in [2.05, 4.69) is 15.8 Å². The summed E-state index contributed by atoms with van der Waals surface area (Å²) in [6.45, 7) is 1.62. The van der Waals surface area contributed by atoms with E-state index >= 15 is 0 Å². The van der Waals surface area contributed by atoms with Gasteiger partial charge in [0.1, 0.15) is 11.8 Å². The van der Waals surface area contributed by atoms with Crippen molar-refractivity contribution in [3.8, 4) is 11.5 Å². The van der Waals surface area contributed by atoms with Crippen LogP contribution in [0.4, 0.5) is 11.4 Å². The average molecular weight is 393 g/mol. The number of hydrazone groups is 1. The minimum atomic E-state index is -0.767. The van der Waals surface area contributed by atoms with Crippen molar-refractivity contribution in [1.29, 1.82) is 0 Å². The maximum atomic E-state index is 12.1. The van der Waals surface area contributed by atoms with Gasteiger partial charge in [0, 0.05) is 16.7 Å². The Bertz CT molecular complexity index is 888.